The van der Waals surface area contributed by atoms with Crippen molar-refractivity contribution in [3.05, 3.63) is 23.6 Å². The molecule has 0 aromatic heterocycles. The van der Waals surface area contributed by atoms with Crippen LogP contribution >= 0.6 is 0 Å². The second kappa shape index (κ2) is 3.72. The molecule has 14 heavy (non-hydrogen) atoms. The molecule has 1 fully saturated rings. The Bertz CT molecular complexity index is 323. The maximum absolute atomic E-state index is 8.77. The lowest BCUT2D eigenvalue weighted by Crippen LogP contribution is -2.36. The maximum atomic E-state index is 8.77. The molecule has 1 aliphatic carbocycles. The van der Waals surface area contributed by atoms with Crippen LogP contribution in [0.1, 0.15) is 12.8 Å². The zero-order chi connectivity index (χ0) is 9.97. The van der Waals surface area contributed by atoms with Gasteiger partial charge in [-0.3, -0.25) is 0 Å². The summed E-state index contributed by atoms with van der Waals surface area (Å²) in [5.41, 5.74) is 6.06. The maximum Gasteiger partial charge on any atom is 0.120 e. The third-order valence-corrected chi connectivity index (χ3v) is 2.19. The van der Waals surface area contributed by atoms with Crippen molar-refractivity contribution in [2.75, 3.05) is 6.54 Å². The van der Waals surface area contributed by atoms with E-state index in [0.29, 0.717) is 18.3 Å². The molecule has 2 aliphatic rings. The predicted molar refractivity (Wildman–Crippen MR) is 51.9 cm³/mol. The average molecular weight is 191 g/mol. The van der Waals surface area contributed by atoms with E-state index < -0.39 is 0 Å². The van der Waals surface area contributed by atoms with Gasteiger partial charge in [-0.2, -0.15) is 5.26 Å². The van der Waals surface area contributed by atoms with Crippen LogP contribution in [0.5, 0.6) is 0 Å². The predicted octanol–water partition coefficient (Wildman–Crippen LogP) is 0.387. The van der Waals surface area contributed by atoms with Gasteiger partial charge < -0.3 is 15.8 Å². The minimum Gasteiger partial charge on any atom is -0.491 e. The van der Waals surface area contributed by atoms with Crippen LogP contribution in [0.4, 0.5) is 0 Å². The molecule has 0 saturated heterocycles. The summed E-state index contributed by atoms with van der Waals surface area (Å²) in [4.78, 5) is 0. The zero-order valence-electron chi connectivity index (χ0n) is 7.86. The second-order valence-electron chi connectivity index (χ2n) is 3.54. The van der Waals surface area contributed by atoms with Gasteiger partial charge in [-0.05, 0) is 18.9 Å². The minimum atomic E-state index is 0.0170. The van der Waals surface area contributed by atoms with Crippen molar-refractivity contribution in [2.24, 2.45) is 5.73 Å². The molecule has 0 amide bonds. The first-order valence-corrected chi connectivity index (χ1v) is 4.78. The summed E-state index contributed by atoms with van der Waals surface area (Å²) in [5, 5.41) is 11.8. The van der Waals surface area contributed by atoms with Gasteiger partial charge in [0.15, 0.2) is 0 Å². The Morgan fingerprint density at radius 2 is 2.43 bits per heavy atom. The largest absolute Gasteiger partial charge is 0.491 e. The molecule has 4 nitrogen and oxygen atoms in total. The number of nitriles is 1. The number of allylic oxidation sites excluding steroid dienone is 2. The van der Waals surface area contributed by atoms with Crippen molar-refractivity contribution in [3.8, 4) is 6.07 Å². The third-order valence-electron chi connectivity index (χ3n) is 2.19. The van der Waals surface area contributed by atoms with Crippen LogP contribution in [0.2, 0.25) is 0 Å². The zero-order valence-corrected chi connectivity index (χ0v) is 7.86. The van der Waals surface area contributed by atoms with E-state index in [1.54, 1.807) is 6.08 Å². The number of nitrogens with two attached hydrogens (primary N) is 1. The molecule has 0 radical (unpaired) electrons. The van der Waals surface area contributed by atoms with E-state index >= 15 is 0 Å². The van der Waals surface area contributed by atoms with Crippen molar-refractivity contribution < 1.29 is 4.74 Å². The van der Waals surface area contributed by atoms with Crippen LogP contribution in [0.3, 0.4) is 0 Å². The monoisotopic (exact) mass is 191 g/mol. The molecule has 0 bridgehead atoms. The number of nitrogens with zero attached hydrogens (tertiary/aromatic N) is 1. The fourth-order valence-corrected chi connectivity index (χ4v) is 1.31. The number of hydrogen-bond acceptors (Lipinski definition) is 4. The molecule has 1 heterocycles. The van der Waals surface area contributed by atoms with E-state index in [9.17, 15) is 0 Å². The summed E-state index contributed by atoms with van der Waals surface area (Å²) in [7, 11) is 0. The van der Waals surface area contributed by atoms with Crippen molar-refractivity contribution in [1.82, 2.24) is 5.32 Å². The average Bonchev–Trinajstić information content (AvgIpc) is 3.01. The number of nitrogens with one attached hydrogen (secondary N) is 1. The van der Waals surface area contributed by atoms with Gasteiger partial charge in [0.05, 0.1) is 12.1 Å². The van der Waals surface area contributed by atoms with Gasteiger partial charge in [0.25, 0.3) is 0 Å². The van der Waals surface area contributed by atoms with Crippen LogP contribution in [0.25, 0.3) is 0 Å². The van der Waals surface area contributed by atoms with E-state index in [2.05, 4.69) is 11.4 Å². The molecule has 1 saturated carbocycles. The van der Waals surface area contributed by atoms with E-state index in [1.165, 1.54) is 0 Å². The van der Waals surface area contributed by atoms with Gasteiger partial charge >= 0.3 is 0 Å². The summed E-state index contributed by atoms with van der Waals surface area (Å²) in [6, 6.07) is 2.08. The molecule has 3 N–H and O–H groups in total. The first-order chi connectivity index (χ1) is 6.81. The Morgan fingerprint density at radius 1 is 1.64 bits per heavy atom. The van der Waals surface area contributed by atoms with Gasteiger partial charge in [-0.25, -0.2) is 0 Å². The molecule has 4 heteroatoms. The topological polar surface area (TPSA) is 71.1 Å². The molecule has 2 rings (SSSR count). The van der Waals surface area contributed by atoms with Gasteiger partial charge in [0, 0.05) is 12.6 Å². The van der Waals surface area contributed by atoms with E-state index in [0.717, 1.165) is 18.6 Å². The van der Waals surface area contributed by atoms with Crippen molar-refractivity contribution >= 4 is 0 Å². The molecule has 0 spiro atoms. The van der Waals surface area contributed by atoms with Gasteiger partial charge in [0.1, 0.15) is 17.5 Å². The summed E-state index contributed by atoms with van der Waals surface area (Å²) >= 11 is 0. The molecular weight excluding hydrogens is 178 g/mol. The Balaban J connectivity index is 2.07. The van der Waals surface area contributed by atoms with E-state index in [1.807, 2.05) is 6.08 Å². The summed E-state index contributed by atoms with van der Waals surface area (Å²) in [6.07, 6.45) is 6.25. The van der Waals surface area contributed by atoms with E-state index in [4.69, 9.17) is 15.7 Å². The fourth-order valence-electron chi connectivity index (χ4n) is 1.31. The number of dihydropyridines is 1. The molecule has 0 aromatic carbocycles. The Kier molecular flexibility index (Phi) is 2.42. The quantitative estimate of drug-likeness (QED) is 0.676. The molecular formula is C10H13N3O. The lowest BCUT2D eigenvalue weighted by Gasteiger charge is -2.19. The third kappa shape index (κ3) is 2.06. The molecule has 0 aromatic rings. The lowest BCUT2D eigenvalue weighted by molar-refractivity contribution is 0.205. The van der Waals surface area contributed by atoms with Gasteiger partial charge in [-0.15, -0.1) is 0 Å². The second-order valence-corrected chi connectivity index (χ2v) is 3.54. The normalized spacial score (nSPS) is 25.6. The highest BCUT2D eigenvalue weighted by Crippen LogP contribution is 2.27. The number of hydrogen-bond donors (Lipinski definition) is 2. The van der Waals surface area contributed by atoms with Gasteiger partial charge in [-0.1, -0.05) is 0 Å². The highest BCUT2D eigenvalue weighted by molar-refractivity contribution is 5.33. The van der Waals surface area contributed by atoms with Crippen LogP contribution in [0, 0.1) is 11.3 Å². The first kappa shape index (κ1) is 9.10. The Morgan fingerprint density at radius 3 is 3.00 bits per heavy atom. The van der Waals surface area contributed by atoms with Crippen LogP contribution < -0.4 is 11.1 Å². The molecule has 1 unspecified atom stereocenters. The Labute approximate surface area is 83.0 Å². The molecule has 1 atom stereocenters. The van der Waals surface area contributed by atoms with E-state index in [-0.39, 0.29) is 6.04 Å². The molecule has 74 valence electrons. The number of rotatable bonds is 3. The van der Waals surface area contributed by atoms with Crippen LogP contribution in [-0.4, -0.2) is 18.7 Å². The Hall–Kier alpha value is -1.47. The fraction of sp³-hybridized carbons (Fsp3) is 0.500. The lowest BCUT2D eigenvalue weighted by atomic mass is 10.1. The minimum absolute atomic E-state index is 0.0170. The highest BCUT2D eigenvalue weighted by atomic mass is 16.5. The van der Waals surface area contributed by atoms with Gasteiger partial charge in [0.2, 0.25) is 0 Å². The molecule has 1 aliphatic heterocycles. The summed E-state index contributed by atoms with van der Waals surface area (Å²) in [6.45, 7) is 0.469. The summed E-state index contributed by atoms with van der Waals surface area (Å²) in [5.74, 6) is 0.776. The smallest absolute Gasteiger partial charge is 0.120 e. The SMILES string of the molecule is N#CC1=CC(OC2CC2)=CC(CN)N1. The summed E-state index contributed by atoms with van der Waals surface area (Å²) < 4.78 is 5.60. The van der Waals surface area contributed by atoms with Crippen molar-refractivity contribution in [2.45, 2.75) is 25.0 Å². The van der Waals surface area contributed by atoms with Crippen LogP contribution in [0.15, 0.2) is 23.6 Å². The van der Waals surface area contributed by atoms with Crippen molar-refractivity contribution in [1.29, 1.82) is 5.26 Å². The standard InChI is InChI=1S/C10H13N3O/c11-5-7-3-10(14-9-1-2-9)4-8(6-12)13-7/h3-4,7,9,13H,1-2,5,11H2. The van der Waals surface area contributed by atoms with Crippen LogP contribution in [-0.2, 0) is 4.74 Å². The number of ether oxygens (including phenoxy) is 1. The van der Waals surface area contributed by atoms with Crippen molar-refractivity contribution in [3.63, 3.8) is 0 Å². The first-order valence-electron chi connectivity index (χ1n) is 4.78. The highest BCUT2D eigenvalue weighted by Gasteiger charge is 2.25.